The van der Waals surface area contributed by atoms with Crippen LogP contribution in [0, 0.1) is 0 Å². The van der Waals surface area contributed by atoms with Gasteiger partial charge in [0.2, 0.25) is 0 Å². The maximum Gasteiger partial charge on any atom is 0.312 e. The summed E-state index contributed by atoms with van der Waals surface area (Å²) in [6, 6.07) is 23.5. The van der Waals surface area contributed by atoms with Crippen LogP contribution in [0.1, 0.15) is 11.3 Å². The monoisotopic (exact) mass is 303 g/mol. The summed E-state index contributed by atoms with van der Waals surface area (Å²) >= 11 is 0. The van der Waals surface area contributed by atoms with E-state index in [4.69, 9.17) is 4.74 Å². The van der Waals surface area contributed by atoms with Gasteiger partial charge in [-0.1, -0.05) is 66.7 Å². The van der Waals surface area contributed by atoms with Crippen LogP contribution in [-0.2, 0) is 22.6 Å². The Balaban J connectivity index is 1.57. The van der Waals surface area contributed by atoms with Crippen molar-refractivity contribution >= 4 is 5.97 Å². The van der Waals surface area contributed by atoms with Gasteiger partial charge in [0.05, 0.1) is 12.1 Å². The highest BCUT2D eigenvalue weighted by Gasteiger charge is 2.07. The van der Waals surface area contributed by atoms with E-state index in [2.05, 4.69) is 4.98 Å². The van der Waals surface area contributed by atoms with Crippen LogP contribution in [0.3, 0.4) is 0 Å². The zero-order valence-electron chi connectivity index (χ0n) is 12.7. The minimum absolute atomic E-state index is 0.182. The predicted octanol–water partition coefficient (Wildman–Crippen LogP) is 4.03. The highest BCUT2D eigenvalue weighted by molar-refractivity contribution is 5.72. The Morgan fingerprint density at radius 1 is 0.826 bits per heavy atom. The van der Waals surface area contributed by atoms with Crippen molar-refractivity contribution in [2.24, 2.45) is 0 Å². The molecule has 3 rings (SSSR count). The van der Waals surface area contributed by atoms with Crippen molar-refractivity contribution in [3.05, 3.63) is 90.3 Å². The molecular formula is C20H17NO2. The molecule has 2 aromatic carbocycles. The highest BCUT2D eigenvalue weighted by atomic mass is 16.5. The smallest absolute Gasteiger partial charge is 0.312 e. The summed E-state index contributed by atoms with van der Waals surface area (Å²) in [5.74, 6) is -0.270. The van der Waals surface area contributed by atoms with E-state index in [0.717, 1.165) is 16.7 Å². The number of carbonyl (C=O) groups is 1. The van der Waals surface area contributed by atoms with Gasteiger partial charge in [-0.25, -0.2) is 0 Å². The van der Waals surface area contributed by atoms with Crippen LogP contribution in [0.15, 0.2) is 79.0 Å². The molecule has 0 atom stereocenters. The summed E-state index contributed by atoms with van der Waals surface area (Å²) in [6.45, 7) is 0.293. The molecule has 1 heterocycles. The van der Waals surface area contributed by atoms with Crippen LogP contribution >= 0.6 is 0 Å². The lowest BCUT2D eigenvalue weighted by Gasteiger charge is -2.06. The van der Waals surface area contributed by atoms with Crippen molar-refractivity contribution in [3.63, 3.8) is 0 Å². The molecule has 0 unspecified atom stereocenters. The van der Waals surface area contributed by atoms with E-state index >= 15 is 0 Å². The summed E-state index contributed by atoms with van der Waals surface area (Å²) < 4.78 is 5.27. The van der Waals surface area contributed by atoms with Crippen LogP contribution < -0.4 is 0 Å². The number of ether oxygens (including phenoxy) is 1. The van der Waals surface area contributed by atoms with Crippen molar-refractivity contribution in [3.8, 4) is 11.1 Å². The van der Waals surface area contributed by atoms with Gasteiger partial charge in [-0.15, -0.1) is 0 Å². The van der Waals surface area contributed by atoms with Crippen molar-refractivity contribution < 1.29 is 9.53 Å². The molecule has 0 bridgehead atoms. The molecule has 0 aliphatic heterocycles. The topological polar surface area (TPSA) is 39.2 Å². The van der Waals surface area contributed by atoms with Gasteiger partial charge in [-0.2, -0.15) is 0 Å². The van der Waals surface area contributed by atoms with Crippen LogP contribution in [0.2, 0.25) is 0 Å². The molecule has 0 aliphatic rings. The number of benzene rings is 2. The van der Waals surface area contributed by atoms with Gasteiger partial charge in [0.15, 0.2) is 0 Å². The second-order valence-electron chi connectivity index (χ2n) is 5.23. The van der Waals surface area contributed by atoms with Crippen LogP contribution in [-0.4, -0.2) is 11.0 Å². The van der Waals surface area contributed by atoms with Gasteiger partial charge >= 0.3 is 5.97 Å². The largest absolute Gasteiger partial charge is 0.461 e. The second-order valence-corrected chi connectivity index (χ2v) is 5.23. The molecule has 0 aliphatic carbocycles. The van der Waals surface area contributed by atoms with Gasteiger partial charge in [-0.3, -0.25) is 9.78 Å². The number of nitrogens with zero attached hydrogens (tertiary/aromatic N) is 1. The molecule has 1 aromatic heterocycles. The summed E-state index contributed by atoms with van der Waals surface area (Å²) in [7, 11) is 0. The Bertz CT molecular complexity index is 753. The van der Waals surface area contributed by atoms with Gasteiger partial charge in [0.1, 0.15) is 6.61 Å². The maximum atomic E-state index is 11.9. The molecule has 0 N–H and O–H groups in total. The summed E-state index contributed by atoms with van der Waals surface area (Å²) in [6.07, 6.45) is 1.97. The molecule has 0 saturated carbocycles. The Kier molecular flexibility index (Phi) is 4.79. The predicted molar refractivity (Wildman–Crippen MR) is 89.6 cm³/mol. The number of pyridine rings is 1. The van der Waals surface area contributed by atoms with E-state index < -0.39 is 0 Å². The third kappa shape index (κ3) is 4.27. The van der Waals surface area contributed by atoms with Crippen molar-refractivity contribution in [1.29, 1.82) is 0 Å². The normalized spacial score (nSPS) is 10.3. The Labute approximate surface area is 135 Å². The van der Waals surface area contributed by atoms with E-state index in [1.807, 2.05) is 72.8 Å². The van der Waals surface area contributed by atoms with Crippen molar-refractivity contribution in [2.45, 2.75) is 13.0 Å². The first kappa shape index (κ1) is 15.0. The lowest BCUT2D eigenvalue weighted by atomic mass is 10.1. The maximum absolute atomic E-state index is 11.9. The number of rotatable bonds is 5. The molecule has 114 valence electrons. The summed E-state index contributed by atoms with van der Waals surface area (Å²) in [5, 5.41) is 0. The average molecular weight is 303 g/mol. The number of hydrogen-bond acceptors (Lipinski definition) is 3. The first-order chi connectivity index (χ1) is 11.3. The molecule has 3 heteroatoms. The zero-order valence-corrected chi connectivity index (χ0v) is 12.7. The van der Waals surface area contributed by atoms with E-state index in [1.54, 1.807) is 6.20 Å². The van der Waals surface area contributed by atoms with Gasteiger partial charge in [-0.05, 0) is 17.2 Å². The minimum atomic E-state index is -0.270. The molecule has 0 radical (unpaired) electrons. The van der Waals surface area contributed by atoms with E-state index in [0.29, 0.717) is 12.3 Å². The van der Waals surface area contributed by atoms with Gasteiger partial charge < -0.3 is 4.74 Å². The zero-order chi connectivity index (χ0) is 15.9. The molecule has 0 saturated heterocycles. The first-order valence-corrected chi connectivity index (χ1v) is 7.51. The SMILES string of the molecule is O=C(Cc1ccc(-c2ccccc2)cn1)OCc1ccccc1. The molecule has 0 amide bonds. The van der Waals surface area contributed by atoms with Crippen molar-refractivity contribution in [1.82, 2.24) is 4.98 Å². The molecule has 3 aromatic rings. The number of hydrogen-bond donors (Lipinski definition) is 0. The second kappa shape index (κ2) is 7.36. The molecule has 23 heavy (non-hydrogen) atoms. The fourth-order valence-corrected chi connectivity index (χ4v) is 2.27. The number of aromatic nitrogens is 1. The third-order valence-corrected chi connectivity index (χ3v) is 3.50. The fourth-order valence-electron chi connectivity index (χ4n) is 2.27. The molecule has 3 nitrogen and oxygen atoms in total. The summed E-state index contributed by atoms with van der Waals surface area (Å²) in [4.78, 5) is 16.2. The quantitative estimate of drug-likeness (QED) is 0.668. The standard InChI is InChI=1S/C20H17NO2/c22-20(23-15-16-7-3-1-4-8-16)13-19-12-11-18(14-21-19)17-9-5-2-6-10-17/h1-12,14H,13,15H2. The van der Waals surface area contributed by atoms with Gasteiger partial charge in [0, 0.05) is 11.8 Å². The third-order valence-electron chi connectivity index (χ3n) is 3.50. The molecular weight excluding hydrogens is 286 g/mol. The lowest BCUT2D eigenvalue weighted by molar-refractivity contribution is -0.144. The van der Waals surface area contributed by atoms with Crippen LogP contribution in [0.25, 0.3) is 11.1 Å². The molecule has 0 fully saturated rings. The first-order valence-electron chi connectivity index (χ1n) is 7.51. The fraction of sp³-hybridized carbons (Fsp3) is 0.100. The van der Waals surface area contributed by atoms with E-state index in [9.17, 15) is 4.79 Å². The van der Waals surface area contributed by atoms with Crippen molar-refractivity contribution in [2.75, 3.05) is 0 Å². The Hall–Kier alpha value is -2.94. The Morgan fingerprint density at radius 2 is 1.52 bits per heavy atom. The highest BCUT2D eigenvalue weighted by Crippen LogP contribution is 2.17. The summed E-state index contributed by atoms with van der Waals surface area (Å²) in [5.41, 5.74) is 3.83. The number of esters is 1. The van der Waals surface area contributed by atoms with E-state index in [1.165, 1.54) is 0 Å². The Morgan fingerprint density at radius 3 is 2.17 bits per heavy atom. The minimum Gasteiger partial charge on any atom is -0.461 e. The van der Waals surface area contributed by atoms with Gasteiger partial charge in [0.25, 0.3) is 0 Å². The van der Waals surface area contributed by atoms with E-state index in [-0.39, 0.29) is 12.4 Å². The van der Waals surface area contributed by atoms with Crippen LogP contribution in [0.4, 0.5) is 0 Å². The average Bonchev–Trinajstić information content (AvgIpc) is 2.62. The number of carbonyl (C=O) groups excluding carboxylic acids is 1. The van der Waals surface area contributed by atoms with Crippen LogP contribution in [0.5, 0.6) is 0 Å². The molecule has 0 spiro atoms. The lowest BCUT2D eigenvalue weighted by Crippen LogP contribution is -2.09.